The Labute approximate surface area is 108 Å². The highest BCUT2D eigenvalue weighted by molar-refractivity contribution is 5.83. The van der Waals surface area contributed by atoms with Crippen LogP contribution in [0.2, 0.25) is 0 Å². The van der Waals surface area contributed by atoms with Crippen LogP contribution in [0.1, 0.15) is 31.0 Å². The maximum absolute atomic E-state index is 12.2. The molecule has 2 rings (SSSR count). The molecule has 1 aliphatic carbocycles. The summed E-state index contributed by atoms with van der Waals surface area (Å²) >= 11 is 0. The molecule has 1 saturated carbocycles. The van der Waals surface area contributed by atoms with E-state index >= 15 is 0 Å². The van der Waals surface area contributed by atoms with Gasteiger partial charge in [0.25, 0.3) is 0 Å². The minimum absolute atomic E-state index is 0.0892. The molecule has 0 bridgehead atoms. The van der Waals surface area contributed by atoms with Crippen LogP contribution >= 0.6 is 0 Å². The molecule has 0 aromatic carbocycles. The standard InChI is InChI=1S/C13H22N4O/c1-9-4-13(5-9,8-14)12(18)15-6-11-7-16-17(3)10(11)2/h7,9H,4-6,8,14H2,1-3H3,(H,15,18). The summed E-state index contributed by atoms with van der Waals surface area (Å²) in [5, 5.41) is 7.16. The van der Waals surface area contributed by atoms with E-state index in [2.05, 4.69) is 17.3 Å². The molecule has 1 heterocycles. The van der Waals surface area contributed by atoms with Gasteiger partial charge in [-0.25, -0.2) is 0 Å². The Bertz CT molecular complexity index is 446. The molecule has 1 aromatic rings. The van der Waals surface area contributed by atoms with Gasteiger partial charge in [-0.15, -0.1) is 0 Å². The van der Waals surface area contributed by atoms with Crippen molar-refractivity contribution in [2.24, 2.45) is 24.1 Å². The smallest absolute Gasteiger partial charge is 0.227 e. The fourth-order valence-electron chi connectivity index (χ4n) is 2.80. The number of hydrogen-bond donors (Lipinski definition) is 2. The molecule has 0 radical (unpaired) electrons. The Morgan fingerprint density at radius 3 is 2.78 bits per heavy atom. The molecule has 0 saturated heterocycles. The van der Waals surface area contributed by atoms with Crippen molar-refractivity contribution in [3.05, 3.63) is 17.5 Å². The minimum Gasteiger partial charge on any atom is -0.351 e. The number of carbonyl (C=O) groups is 1. The normalized spacial score (nSPS) is 26.8. The number of rotatable bonds is 4. The number of nitrogens with one attached hydrogen (secondary N) is 1. The number of amides is 1. The Morgan fingerprint density at radius 1 is 1.67 bits per heavy atom. The second kappa shape index (κ2) is 4.72. The van der Waals surface area contributed by atoms with Crippen LogP contribution in [-0.4, -0.2) is 22.2 Å². The number of aryl methyl sites for hydroxylation is 1. The molecule has 5 heteroatoms. The number of nitrogens with two attached hydrogens (primary N) is 1. The summed E-state index contributed by atoms with van der Waals surface area (Å²) < 4.78 is 1.81. The molecule has 100 valence electrons. The first-order valence-corrected chi connectivity index (χ1v) is 6.44. The fraction of sp³-hybridized carbons (Fsp3) is 0.692. The summed E-state index contributed by atoms with van der Waals surface area (Å²) in [6.07, 6.45) is 3.61. The lowest BCUT2D eigenvalue weighted by atomic mass is 9.62. The molecule has 1 aliphatic rings. The van der Waals surface area contributed by atoms with E-state index in [-0.39, 0.29) is 11.3 Å². The van der Waals surface area contributed by atoms with Crippen molar-refractivity contribution in [1.82, 2.24) is 15.1 Å². The average Bonchev–Trinajstić information content (AvgIpc) is 2.63. The van der Waals surface area contributed by atoms with Crippen molar-refractivity contribution in [3.63, 3.8) is 0 Å². The number of carbonyl (C=O) groups excluding carboxylic acids is 1. The zero-order chi connectivity index (χ0) is 13.3. The van der Waals surface area contributed by atoms with Crippen LogP contribution in [0.4, 0.5) is 0 Å². The van der Waals surface area contributed by atoms with Crippen LogP contribution in [-0.2, 0) is 18.4 Å². The lowest BCUT2D eigenvalue weighted by molar-refractivity contribution is -0.138. The topological polar surface area (TPSA) is 72.9 Å². The molecule has 0 aliphatic heterocycles. The summed E-state index contributed by atoms with van der Waals surface area (Å²) in [7, 11) is 1.90. The highest BCUT2D eigenvalue weighted by Gasteiger charge is 2.46. The van der Waals surface area contributed by atoms with Gasteiger partial charge in [-0.2, -0.15) is 5.10 Å². The van der Waals surface area contributed by atoms with E-state index in [4.69, 9.17) is 5.73 Å². The molecular weight excluding hydrogens is 228 g/mol. The third-order valence-corrected chi connectivity index (χ3v) is 4.13. The minimum atomic E-state index is -0.324. The Kier molecular flexibility index (Phi) is 3.43. The molecule has 1 aromatic heterocycles. The van der Waals surface area contributed by atoms with Crippen molar-refractivity contribution < 1.29 is 4.79 Å². The van der Waals surface area contributed by atoms with Crippen LogP contribution in [0.25, 0.3) is 0 Å². The molecular formula is C13H22N4O. The van der Waals surface area contributed by atoms with E-state index in [1.54, 1.807) is 6.20 Å². The van der Waals surface area contributed by atoms with E-state index < -0.39 is 0 Å². The van der Waals surface area contributed by atoms with Crippen LogP contribution in [0.3, 0.4) is 0 Å². The maximum Gasteiger partial charge on any atom is 0.227 e. The van der Waals surface area contributed by atoms with Gasteiger partial charge in [0.15, 0.2) is 0 Å². The zero-order valence-electron chi connectivity index (χ0n) is 11.4. The molecule has 3 N–H and O–H groups in total. The van der Waals surface area contributed by atoms with Crippen molar-refractivity contribution in [2.75, 3.05) is 6.54 Å². The van der Waals surface area contributed by atoms with Gasteiger partial charge in [-0.3, -0.25) is 9.48 Å². The second-order valence-corrected chi connectivity index (χ2v) is 5.56. The Balaban J connectivity index is 1.94. The Morgan fingerprint density at radius 2 is 2.33 bits per heavy atom. The summed E-state index contributed by atoms with van der Waals surface area (Å²) in [4.78, 5) is 12.2. The SMILES string of the molecule is Cc1c(CNC(=O)C2(CN)CC(C)C2)cnn1C. The highest BCUT2D eigenvalue weighted by atomic mass is 16.2. The lowest BCUT2D eigenvalue weighted by Crippen LogP contribution is -2.53. The summed E-state index contributed by atoms with van der Waals surface area (Å²) in [5.41, 5.74) is 7.58. The average molecular weight is 250 g/mol. The third-order valence-electron chi connectivity index (χ3n) is 4.13. The second-order valence-electron chi connectivity index (χ2n) is 5.56. The predicted octanol–water partition coefficient (Wildman–Crippen LogP) is 0.720. The highest BCUT2D eigenvalue weighted by Crippen LogP contribution is 2.44. The molecule has 1 fully saturated rings. The quantitative estimate of drug-likeness (QED) is 0.827. The van der Waals surface area contributed by atoms with Gasteiger partial charge in [0, 0.05) is 31.4 Å². The first-order valence-electron chi connectivity index (χ1n) is 6.44. The number of nitrogens with zero attached hydrogens (tertiary/aromatic N) is 2. The van der Waals surface area contributed by atoms with E-state index in [9.17, 15) is 4.79 Å². The van der Waals surface area contributed by atoms with Crippen LogP contribution in [0, 0.1) is 18.3 Å². The molecule has 0 atom stereocenters. The molecule has 5 nitrogen and oxygen atoms in total. The largest absolute Gasteiger partial charge is 0.351 e. The summed E-state index contributed by atoms with van der Waals surface area (Å²) in [6.45, 7) is 5.13. The molecule has 0 unspecified atom stereocenters. The molecule has 18 heavy (non-hydrogen) atoms. The van der Waals surface area contributed by atoms with Gasteiger partial charge in [0.2, 0.25) is 5.91 Å². The summed E-state index contributed by atoms with van der Waals surface area (Å²) in [5.74, 6) is 0.700. The van der Waals surface area contributed by atoms with Gasteiger partial charge >= 0.3 is 0 Å². The predicted molar refractivity (Wildman–Crippen MR) is 69.7 cm³/mol. The maximum atomic E-state index is 12.2. The van der Waals surface area contributed by atoms with Gasteiger partial charge in [-0.05, 0) is 25.7 Å². The zero-order valence-corrected chi connectivity index (χ0v) is 11.4. The first-order chi connectivity index (χ1) is 8.48. The summed E-state index contributed by atoms with van der Waals surface area (Å²) in [6, 6.07) is 0. The van der Waals surface area contributed by atoms with Crippen molar-refractivity contribution in [1.29, 1.82) is 0 Å². The van der Waals surface area contributed by atoms with Gasteiger partial charge < -0.3 is 11.1 Å². The van der Waals surface area contributed by atoms with Crippen LogP contribution in [0.15, 0.2) is 6.20 Å². The number of aromatic nitrogens is 2. The van der Waals surface area contributed by atoms with Crippen LogP contribution in [0.5, 0.6) is 0 Å². The first kappa shape index (κ1) is 13.1. The third kappa shape index (κ3) is 2.14. The Hall–Kier alpha value is -1.36. The lowest BCUT2D eigenvalue weighted by Gasteiger charge is -2.44. The fourth-order valence-corrected chi connectivity index (χ4v) is 2.80. The van der Waals surface area contributed by atoms with E-state index in [0.717, 1.165) is 24.1 Å². The van der Waals surface area contributed by atoms with Crippen molar-refractivity contribution in [3.8, 4) is 0 Å². The van der Waals surface area contributed by atoms with Crippen molar-refractivity contribution >= 4 is 5.91 Å². The van der Waals surface area contributed by atoms with E-state index in [0.29, 0.717) is 19.0 Å². The molecule has 0 spiro atoms. The van der Waals surface area contributed by atoms with Gasteiger partial charge in [0.1, 0.15) is 0 Å². The van der Waals surface area contributed by atoms with Gasteiger partial charge in [-0.1, -0.05) is 6.92 Å². The number of hydrogen-bond acceptors (Lipinski definition) is 3. The molecule has 1 amide bonds. The van der Waals surface area contributed by atoms with E-state index in [1.165, 1.54) is 0 Å². The monoisotopic (exact) mass is 250 g/mol. The van der Waals surface area contributed by atoms with Crippen molar-refractivity contribution in [2.45, 2.75) is 33.2 Å². The van der Waals surface area contributed by atoms with Crippen LogP contribution < -0.4 is 11.1 Å². The van der Waals surface area contributed by atoms with Gasteiger partial charge in [0.05, 0.1) is 11.6 Å². The van der Waals surface area contributed by atoms with E-state index in [1.807, 2.05) is 18.7 Å².